The van der Waals surface area contributed by atoms with Crippen molar-refractivity contribution in [2.24, 2.45) is 5.92 Å². The van der Waals surface area contributed by atoms with Gasteiger partial charge in [-0.05, 0) is 42.2 Å². The van der Waals surface area contributed by atoms with E-state index in [0.29, 0.717) is 34.6 Å². The monoisotopic (exact) mass is 482 g/mol. The summed E-state index contributed by atoms with van der Waals surface area (Å²) in [6, 6.07) is 12.7. The Morgan fingerprint density at radius 2 is 1.71 bits per heavy atom. The number of amides is 2. The summed E-state index contributed by atoms with van der Waals surface area (Å²) in [6.07, 6.45) is 2.09. The number of ether oxygens (including phenoxy) is 1. The number of benzene rings is 2. The molecule has 3 rings (SSSR count). The first-order valence-corrected chi connectivity index (χ1v) is 11.6. The number of hydrogen-bond acceptors (Lipinski definition) is 5. The third-order valence-electron chi connectivity index (χ3n) is 5.68. The Balaban J connectivity index is 1.88. The molecule has 0 fully saturated rings. The number of nitrogens with zero attached hydrogens (tertiary/aromatic N) is 2. The number of methoxy groups -OCH3 is 1. The zero-order valence-electron chi connectivity index (χ0n) is 20.3. The maximum atomic E-state index is 13.4. The van der Waals surface area contributed by atoms with Gasteiger partial charge in [0.15, 0.2) is 5.43 Å². The van der Waals surface area contributed by atoms with Gasteiger partial charge in [0.05, 0.1) is 30.3 Å². The van der Waals surface area contributed by atoms with Crippen LogP contribution in [0.2, 0.25) is 0 Å². The van der Waals surface area contributed by atoms with E-state index in [9.17, 15) is 18.8 Å². The van der Waals surface area contributed by atoms with Crippen molar-refractivity contribution in [1.29, 1.82) is 0 Å². The van der Waals surface area contributed by atoms with Gasteiger partial charge in [0.25, 0.3) is 0 Å². The van der Waals surface area contributed by atoms with Crippen LogP contribution in [-0.4, -0.2) is 48.4 Å². The maximum Gasteiger partial charge on any atom is 0.249 e. The molecular weight excluding hydrogens is 451 g/mol. The van der Waals surface area contributed by atoms with Gasteiger partial charge in [-0.25, -0.2) is 4.39 Å². The van der Waals surface area contributed by atoms with Gasteiger partial charge in [0.1, 0.15) is 18.0 Å². The maximum absolute atomic E-state index is 13.4. The molecule has 0 radical (unpaired) electrons. The first-order chi connectivity index (χ1) is 16.8. The number of carbonyl (C=O) groups excluding carboxylic acids is 2. The van der Waals surface area contributed by atoms with Gasteiger partial charge in [0.2, 0.25) is 11.8 Å². The minimum atomic E-state index is -0.383. The Morgan fingerprint density at radius 1 is 1.00 bits per heavy atom. The predicted octanol–water partition coefficient (Wildman–Crippen LogP) is 3.98. The van der Waals surface area contributed by atoms with Crippen molar-refractivity contribution in [2.45, 2.75) is 33.4 Å². The molecule has 0 spiro atoms. The highest BCUT2D eigenvalue weighted by Gasteiger charge is 2.23. The van der Waals surface area contributed by atoms with Crippen LogP contribution >= 0.6 is 0 Å². The van der Waals surface area contributed by atoms with Crippen molar-refractivity contribution in [3.05, 3.63) is 82.0 Å². The van der Waals surface area contributed by atoms with E-state index in [1.54, 1.807) is 36.4 Å². The molecule has 0 atom stereocenters. The molecule has 0 bridgehead atoms. The third kappa shape index (κ3) is 7.23. The average Bonchev–Trinajstić information content (AvgIpc) is 2.84. The van der Waals surface area contributed by atoms with Crippen LogP contribution in [0.1, 0.15) is 31.4 Å². The molecular formula is C27H31FN2O5. The van der Waals surface area contributed by atoms with Crippen molar-refractivity contribution in [1.82, 2.24) is 9.80 Å². The quantitative estimate of drug-likeness (QED) is 0.413. The standard InChI is InChI=1S/C27H31FN2O5/c1-19(2)12-13-29(26(32)18-34-3)16-25(31)30(14-20-8-10-22(28)11-9-20)15-21-17-35-24-7-5-4-6-23(24)27(21)33/h4-11,17,19H,12-16,18H2,1-3H3. The fourth-order valence-electron chi connectivity index (χ4n) is 3.66. The number of fused-ring (bicyclic) bond motifs is 1. The molecule has 2 amide bonds. The third-order valence-corrected chi connectivity index (χ3v) is 5.68. The van der Waals surface area contributed by atoms with Gasteiger partial charge in [-0.2, -0.15) is 0 Å². The molecule has 35 heavy (non-hydrogen) atoms. The number of halogens is 1. The normalized spacial score (nSPS) is 11.1. The van der Waals surface area contributed by atoms with Crippen LogP contribution < -0.4 is 5.43 Å². The highest BCUT2D eigenvalue weighted by molar-refractivity contribution is 5.85. The molecule has 186 valence electrons. The molecule has 2 aromatic carbocycles. The molecule has 0 aliphatic heterocycles. The zero-order valence-corrected chi connectivity index (χ0v) is 20.3. The number of hydrogen-bond donors (Lipinski definition) is 0. The van der Waals surface area contributed by atoms with E-state index >= 15 is 0 Å². The smallest absolute Gasteiger partial charge is 0.249 e. The largest absolute Gasteiger partial charge is 0.464 e. The van der Waals surface area contributed by atoms with E-state index in [1.165, 1.54) is 35.3 Å². The van der Waals surface area contributed by atoms with E-state index in [-0.39, 0.29) is 49.3 Å². The van der Waals surface area contributed by atoms with Gasteiger partial charge >= 0.3 is 0 Å². The Labute approximate surface area is 204 Å². The summed E-state index contributed by atoms with van der Waals surface area (Å²) in [4.78, 5) is 42.0. The highest BCUT2D eigenvalue weighted by atomic mass is 19.1. The van der Waals surface area contributed by atoms with Crippen molar-refractivity contribution in [3.63, 3.8) is 0 Å². The number of carbonyl (C=O) groups is 2. The van der Waals surface area contributed by atoms with Gasteiger partial charge < -0.3 is 19.0 Å². The Morgan fingerprint density at radius 3 is 2.40 bits per heavy atom. The lowest BCUT2D eigenvalue weighted by Crippen LogP contribution is -2.44. The van der Waals surface area contributed by atoms with Gasteiger partial charge in [-0.3, -0.25) is 14.4 Å². The zero-order chi connectivity index (χ0) is 25.4. The van der Waals surface area contributed by atoms with Gasteiger partial charge in [-0.15, -0.1) is 0 Å². The van der Waals surface area contributed by atoms with E-state index in [1.807, 2.05) is 13.8 Å². The molecule has 0 aliphatic carbocycles. The van der Waals surface area contributed by atoms with Crippen molar-refractivity contribution in [3.8, 4) is 0 Å². The molecule has 8 heteroatoms. The number of rotatable bonds is 11. The molecule has 3 aromatic rings. The summed E-state index contributed by atoms with van der Waals surface area (Å²) in [6.45, 7) is 4.34. The second-order valence-electron chi connectivity index (χ2n) is 8.89. The first kappa shape index (κ1) is 26.1. The minimum Gasteiger partial charge on any atom is -0.464 e. The molecule has 0 saturated carbocycles. The topological polar surface area (TPSA) is 80.1 Å². The van der Waals surface area contributed by atoms with E-state index in [0.717, 1.165) is 6.42 Å². The first-order valence-electron chi connectivity index (χ1n) is 11.6. The van der Waals surface area contributed by atoms with Crippen molar-refractivity contribution >= 4 is 22.8 Å². The van der Waals surface area contributed by atoms with Crippen LogP contribution in [0.3, 0.4) is 0 Å². The van der Waals surface area contributed by atoms with Crippen molar-refractivity contribution < 1.29 is 23.1 Å². The average molecular weight is 483 g/mol. The van der Waals surface area contributed by atoms with E-state index < -0.39 is 0 Å². The van der Waals surface area contributed by atoms with Crippen LogP contribution in [-0.2, 0) is 27.4 Å². The second-order valence-corrected chi connectivity index (χ2v) is 8.89. The Bertz CT molecular complexity index is 1210. The van der Waals surface area contributed by atoms with Crippen molar-refractivity contribution in [2.75, 3.05) is 26.8 Å². The number of para-hydroxylation sites is 1. The Kier molecular flexibility index (Phi) is 9.14. The summed E-state index contributed by atoms with van der Waals surface area (Å²) in [5.74, 6) is -0.657. The van der Waals surface area contributed by atoms with E-state index in [4.69, 9.17) is 9.15 Å². The lowest BCUT2D eigenvalue weighted by atomic mass is 10.1. The molecule has 7 nitrogen and oxygen atoms in total. The lowest BCUT2D eigenvalue weighted by molar-refractivity contribution is -0.143. The molecule has 1 aromatic heterocycles. The van der Waals surface area contributed by atoms with Crippen LogP contribution in [0.4, 0.5) is 4.39 Å². The second kappa shape index (κ2) is 12.3. The van der Waals surface area contributed by atoms with Gasteiger partial charge in [-0.1, -0.05) is 38.1 Å². The summed E-state index contributed by atoms with van der Waals surface area (Å²) in [5.41, 5.74) is 1.25. The minimum absolute atomic E-state index is 0.0140. The molecule has 1 heterocycles. The highest BCUT2D eigenvalue weighted by Crippen LogP contribution is 2.15. The summed E-state index contributed by atoms with van der Waals surface area (Å²) >= 11 is 0. The van der Waals surface area contributed by atoms with Crippen LogP contribution in [0.5, 0.6) is 0 Å². The summed E-state index contributed by atoms with van der Waals surface area (Å²) in [5, 5.41) is 0.424. The SMILES string of the molecule is COCC(=O)N(CCC(C)C)CC(=O)N(Cc1ccc(F)cc1)Cc1coc2ccccc2c1=O. The lowest BCUT2D eigenvalue weighted by Gasteiger charge is -2.28. The predicted molar refractivity (Wildman–Crippen MR) is 131 cm³/mol. The summed E-state index contributed by atoms with van der Waals surface area (Å²) < 4.78 is 24.0. The van der Waals surface area contributed by atoms with Crippen LogP contribution in [0, 0.1) is 11.7 Å². The molecule has 0 saturated heterocycles. The van der Waals surface area contributed by atoms with Crippen LogP contribution in [0.25, 0.3) is 11.0 Å². The fraction of sp³-hybridized carbons (Fsp3) is 0.370. The fourth-order valence-corrected chi connectivity index (χ4v) is 3.66. The summed E-state index contributed by atoms with van der Waals surface area (Å²) in [7, 11) is 1.43. The van der Waals surface area contributed by atoms with E-state index in [2.05, 4.69) is 0 Å². The molecule has 0 aliphatic rings. The van der Waals surface area contributed by atoms with Crippen LogP contribution in [0.15, 0.2) is 64.0 Å². The molecule has 0 unspecified atom stereocenters. The molecule has 0 N–H and O–H groups in total. The Hall–Kier alpha value is -3.52. The van der Waals surface area contributed by atoms with Gasteiger partial charge in [0, 0.05) is 20.2 Å².